The van der Waals surface area contributed by atoms with Gasteiger partial charge < -0.3 is 20.9 Å². The molecule has 206 valence electrons. The molecule has 1 fully saturated rings. The van der Waals surface area contributed by atoms with Gasteiger partial charge in [0.05, 0.1) is 6.04 Å². The molecule has 0 bridgehead atoms. The highest BCUT2D eigenvalue weighted by Crippen LogP contribution is 2.28. The number of amides is 1. The van der Waals surface area contributed by atoms with Crippen LogP contribution >= 0.6 is 0 Å². The fourth-order valence-electron chi connectivity index (χ4n) is 5.08. The number of pyridine rings is 1. The van der Waals surface area contributed by atoms with Crippen molar-refractivity contribution in [3.63, 3.8) is 0 Å². The monoisotopic (exact) mass is 526 g/mol. The lowest BCUT2D eigenvalue weighted by Gasteiger charge is -2.30. The Bertz CT molecular complexity index is 1170. The van der Waals surface area contributed by atoms with Crippen LogP contribution in [0.25, 0.3) is 0 Å². The van der Waals surface area contributed by atoms with E-state index < -0.39 is 0 Å². The first-order valence-corrected chi connectivity index (χ1v) is 14.1. The number of aromatic nitrogens is 1. The molecule has 7 nitrogen and oxygen atoms in total. The summed E-state index contributed by atoms with van der Waals surface area (Å²) in [5, 5.41) is 3.57. The molecule has 0 radical (unpaired) electrons. The molecule has 1 heterocycles. The summed E-state index contributed by atoms with van der Waals surface area (Å²) in [5.74, 6) is 1.15. The van der Waals surface area contributed by atoms with E-state index >= 15 is 0 Å². The summed E-state index contributed by atoms with van der Waals surface area (Å²) < 4.78 is 0. The van der Waals surface area contributed by atoms with Gasteiger partial charge in [-0.05, 0) is 49.7 Å². The number of hydrogen-bond donors (Lipinski definition) is 2. The normalized spacial score (nSPS) is 15.2. The van der Waals surface area contributed by atoms with E-state index in [0.717, 1.165) is 55.4 Å². The second-order valence-corrected chi connectivity index (χ2v) is 10.7. The Hall–Kier alpha value is -3.71. The van der Waals surface area contributed by atoms with Crippen LogP contribution in [0.4, 0.5) is 5.82 Å². The number of likely N-dealkylation sites (N-methyl/N-ethyl adjacent to an activating group) is 1. The molecule has 3 aromatic rings. The molecular formula is C32H42N6O. The first-order chi connectivity index (χ1) is 19.0. The van der Waals surface area contributed by atoms with Gasteiger partial charge in [0.1, 0.15) is 5.82 Å². The molecule has 2 aromatic carbocycles. The Morgan fingerprint density at radius 3 is 2.26 bits per heavy atom. The molecule has 0 spiro atoms. The number of nitrogens with two attached hydrogens (primary N) is 1. The van der Waals surface area contributed by atoms with Gasteiger partial charge in [-0.25, -0.2) is 9.98 Å². The summed E-state index contributed by atoms with van der Waals surface area (Å²) in [6.45, 7) is 2.52. The highest BCUT2D eigenvalue weighted by atomic mass is 16.1. The van der Waals surface area contributed by atoms with E-state index in [0.29, 0.717) is 6.04 Å². The number of primary amides is 1. The van der Waals surface area contributed by atoms with Crippen molar-refractivity contribution >= 4 is 17.7 Å². The number of guanidine groups is 1. The van der Waals surface area contributed by atoms with E-state index in [1.165, 1.54) is 24.8 Å². The van der Waals surface area contributed by atoms with Crippen molar-refractivity contribution in [2.24, 2.45) is 10.7 Å². The van der Waals surface area contributed by atoms with Crippen LogP contribution in [0.2, 0.25) is 0 Å². The molecule has 1 amide bonds. The van der Waals surface area contributed by atoms with Crippen LogP contribution in [0.5, 0.6) is 0 Å². The third-order valence-electron chi connectivity index (χ3n) is 7.25. The molecule has 1 saturated carbocycles. The number of carbonyl (C=O) groups is 1. The molecule has 7 heteroatoms. The smallest absolute Gasteiger partial charge is 0.218 e. The third kappa shape index (κ3) is 8.93. The lowest BCUT2D eigenvalue weighted by atomic mass is 9.89. The van der Waals surface area contributed by atoms with Gasteiger partial charge in [0.15, 0.2) is 5.96 Å². The lowest BCUT2D eigenvalue weighted by molar-refractivity contribution is -0.118. The second-order valence-electron chi connectivity index (χ2n) is 10.7. The van der Waals surface area contributed by atoms with Gasteiger partial charge >= 0.3 is 0 Å². The van der Waals surface area contributed by atoms with Crippen molar-refractivity contribution in [2.45, 2.75) is 57.0 Å². The van der Waals surface area contributed by atoms with Gasteiger partial charge in [-0.3, -0.25) is 4.79 Å². The van der Waals surface area contributed by atoms with Crippen LogP contribution in [0.3, 0.4) is 0 Å². The SMILES string of the molecule is CN(C)CCN(Cc1ccccc1)/C(=N\C1CCCCC1)Nc1ccc(C(CC(N)=O)c2ccccc2)cn1. The maximum Gasteiger partial charge on any atom is 0.218 e. The quantitative estimate of drug-likeness (QED) is 0.263. The predicted molar refractivity (Wildman–Crippen MR) is 160 cm³/mol. The Kier molecular flexibility index (Phi) is 10.5. The van der Waals surface area contributed by atoms with Gasteiger partial charge in [0.25, 0.3) is 0 Å². The number of hydrogen-bond acceptors (Lipinski definition) is 4. The highest BCUT2D eigenvalue weighted by molar-refractivity contribution is 5.93. The summed E-state index contributed by atoms with van der Waals surface area (Å²) in [4.78, 5) is 26.4. The Balaban J connectivity index is 1.60. The largest absolute Gasteiger partial charge is 0.370 e. The number of carbonyl (C=O) groups excluding carboxylic acids is 1. The van der Waals surface area contributed by atoms with Gasteiger partial charge in [-0.2, -0.15) is 0 Å². The van der Waals surface area contributed by atoms with Gasteiger partial charge in [-0.1, -0.05) is 86.0 Å². The average molecular weight is 527 g/mol. The number of rotatable bonds is 11. The standard InChI is InChI=1S/C32H42N6O/c1-37(2)20-21-38(24-25-12-6-3-7-13-25)32(35-28-16-10-5-11-17-28)36-31-19-18-27(23-34-31)29(22-30(33)39)26-14-8-4-9-15-26/h3-4,6-9,12-15,18-19,23,28-29H,5,10-11,16-17,20-22,24H2,1-2H3,(H2,33,39)(H,34,35,36). The van der Waals surface area contributed by atoms with Crippen LogP contribution in [-0.2, 0) is 11.3 Å². The second kappa shape index (κ2) is 14.4. The minimum atomic E-state index is -0.328. The maximum atomic E-state index is 11.9. The Morgan fingerprint density at radius 1 is 0.949 bits per heavy atom. The number of anilines is 1. The summed E-state index contributed by atoms with van der Waals surface area (Å²) in [6.07, 6.45) is 8.08. The van der Waals surface area contributed by atoms with Crippen molar-refractivity contribution in [1.29, 1.82) is 0 Å². The van der Waals surface area contributed by atoms with E-state index in [2.05, 4.69) is 59.5 Å². The number of nitrogens with zero attached hydrogens (tertiary/aromatic N) is 4. The van der Waals surface area contributed by atoms with E-state index in [-0.39, 0.29) is 18.2 Å². The van der Waals surface area contributed by atoms with E-state index in [9.17, 15) is 4.79 Å². The Morgan fingerprint density at radius 2 is 1.64 bits per heavy atom. The fraction of sp³-hybridized carbons (Fsp3) is 0.406. The lowest BCUT2D eigenvalue weighted by Crippen LogP contribution is -2.41. The minimum absolute atomic E-state index is 0.129. The molecule has 1 aliphatic rings. The molecule has 39 heavy (non-hydrogen) atoms. The van der Waals surface area contributed by atoms with Gasteiger partial charge in [0.2, 0.25) is 5.91 Å². The van der Waals surface area contributed by atoms with Crippen LogP contribution < -0.4 is 11.1 Å². The number of aliphatic imine (C=N–C) groups is 1. The summed E-state index contributed by atoms with van der Waals surface area (Å²) in [7, 11) is 4.20. The zero-order valence-electron chi connectivity index (χ0n) is 23.3. The van der Waals surface area contributed by atoms with Crippen molar-refractivity contribution in [2.75, 3.05) is 32.5 Å². The molecule has 1 aliphatic carbocycles. The van der Waals surface area contributed by atoms with Crippen molar-refractivity contribution < 1.29 is 4.79 Å². The molecule has 0 aliphatic heterocycles. The minimum Gasteiger partial charge on any atom is -0.370 e. The van der Waals surface area contributed by atoms with E-state index in [4.69, 9.17) is 15.7 Å². The summed E-state index contributed by atoms with van der Waals surface area (Å²) in [6, 6.07) is 24.9. The third-order valence-corrected chi connectivity index (χ3v) is 7.25. The number of nitrogens with one attached hydrogen (secondary N) is 1. The molecule has 1 unspecified atom stereocenters. The van der Waals surface area contributed by atoms with Gasteiger partial charge in [0, 0.05) is 38.2 Å². The van der Waals surface area contributed by atoms with Crippen molar-refractivity contribution in [1.82, 2.24) is 14.8 Å². The first-order valence-electron chi connectivity index (χ1n) is 14.1. The van der Waals surface area contributed by atoms with Crippen LogP contribution in [0.1, 0.15) is 61.1 Å². The molecule has 1 aromatic heterocycles. The zero-order valence-corrected chi connectivity index (χ0v) is 23.3. The van der Waals surface area contributed by atoms with Crippen molar-refractivity contribution in [3.8, 4) is 0 Å². The molecule has 3 N–H and O–H groups in total. The zero-order chi connectivity index (χ0) is 27.5. The van der Waals surface area contributed by atoms with Crippen LogP contribution in [0, 0.1) is 0 Å². The predicted octanol–water partition coefficient (Wildman–Crippen LogP) is 5.25. The van der Waals surface area contributed by atoms with E-state index in [1.54, 1.807) is 0 Å². The fourth-order valence-corrected chi connectivity index (χ4v) is 5.08. The maximum absolute atomic E-state index is 11.9. The molecular weight excluding hydrogens is 484 g/mol. The summed E-state index contributed by atoms with van der Waals surface area (Å²) in [5.41, 5.74) is 8.86. The van der Waals surface area contributed by atoms with Crippen LogP contribution in [0.15, 0.2) is 84.0 Å². The van der Waals surface area contributed by atoms with Crippen LogP contribution in [-0.4, -0.2) is 59.9 Å². The van der Waals surface area contributed by atoms with E-state index in [1.807, 2.05) is 48.7 Å². The van der Waals surface area contributed by atoms with Crippen molar-refractivity contribution in [3.05, 3.63) is 95.7 Å². The Labute approximate surface area is 233 Å². The summed E-state index contributed by atoms with van der Waals surface area (Å²) >= 11 is 0. The molecule has 4 rings (SSSR count). The molecule has 0 saturated heterocycles. The number of benzene rings is 2. The topological polar surface area (TPSA) is 86.9 Å². The highest BCUT2D eigenvalue weighted by Gasteiger charge is 2.20. The van der Waals surface area contributed by atoms with Gasteiger partial charge in [-0.15, -0.1) is 0 Å². The molecule has 1 atom stereocenters. The average Bonchev–Trinajstić information content (AvgIpc) is 2.95. The first kappa shape index (κ1) is 28.3.